The number of ether oxygens (including phenoxy) is 1. The van der Waals surface area contributed by atoms with Crippen LogP contribution < -0.4 is 0 Å². The second-order valence-corrected chi connectivity index (χ2v) is 4.68. The van der Waals surface area contributed by atoms with Gasteiger partial charge >= 0.3 is 5.97 Å². The van der Waals surface area contributed by atoms with Crippen LogP contribution in [0.3, 0.4) is 0 Å². The number of fused-ring (bicyclic) bond motifs is 1. The van der Waals surface area contributed by atoms with E-state index in [9.17, 15) is 4.79 Å². The Morgan fingerprint density at radius 1 is 1.61 bits per heavy atom. The number of esters is 1. The topological polar surface area (TPSA) is 42.4 Å². The van der Waals surface area contributed by atoms with Crippen LogP contribution >= 0.6 is 0 Å². The highest BCUT2D eigenvalue weighted by Crippen LogP contribution is 2.31. The molecule has 1 aromatic rings. The van der Waals surface area contributed by atoms with Crippen LogP contribution in [0.15, 0.2) is 18.3 Å². The summed E-state index contributed by atoms with van der Waals surface area (Å²) in [6, 6.07) is 4.35. The Balaban J connectivity index is 2.08. The first kappa shape index (κ1) is 13.0. The zero-order valence-electron chi connectivity index (χ0n) is 11.1. The molecule has 4 heteroatoms. The molecule has 0 unspecified atom stereocenters. The lowest BCUT2D eigenvalue weighted by molar-refractivity contribution is -0.144. The predicted molar refractivity (Wildman–Crippen MR) is 69.2 cm³/mol. The molecule has 0 saturated heterocycles. The third-order valence-corrected chi connectivity index (χ3v) is 3.38. The first-order chi connectivity index (χ1) is 8.72. The largest absolute Gasteiger partial charge is 0.465 e. The zero-order chi connectivity index (χ0) is 13.0. The van der Waals surface area contributed by atoms with Crippen molar-refractivity contribution in [3.63, 3.8) is 0 Å². The minimum absolute atomic E-state index is 0.164. The Hall–Kier alpha value is -1.42. The van der Waals surface area contributed by atoms with E-state index in [4.69, 9.17) is 4.74 Å². The fourth-order valence-electron chi connectivity index (χ4n) is 2.53. The van der Waals surface area contributed by atoms with Crippen molar-refractivity contribution in [1.82, 2.24) is 9.88 Å². The molecule has 0 fully saturated rings. The first-order valence-electron chi connectivity index (χ1n) is 6.52. The molecule has 0 saturated carbocycles. The molecule has 1 aliphatic carbocycles. The standard InChI is InChI=1S/C14H20N2O2/c1-3-18-13(17)10-16(2)12-8-4-6-11-7-5-9-15-14(11)12/h5,7,9,12H,3-4,6,8,10H2,1-2H3/t12-/m1/s1. The number of nitrogens with zero attached hydrogens (tertiary/aromatic N) is 2. The number of rotatable bonds is 4. The number of hydrogen-bond donors (Lipinski definition) is 0. The van der Waals surface area contributed by atoms with Crippen molar-refractivity contribution in [1.29, 1.82) is 0 Å². The van der Waals surface area contributed by atoms with Crippen molar-refractivity contribution >= 4 is 5.97 Å². The van der Waals surface area contributed by atoms with Gasteiger partial charge in [0.05, 0.1) is 24.9 Å². The van der Waals surface area contributed by atoms with Gasteiger partial charge in [0, 0.05) is 6.20 Å². The van der Waals surface area contributed by atoms with Crippen LogP contribution in [0.4, 0.5) is 0 Å². The van der Waals surface area contributed by atoms with Gasteiger partial charge in [-0.15, -0.1) is 0 Å². The molecule has 0 aliphatic heterocycles. The van der Waals surface area contributed by atoms with Gasteiger partial charge in [-0.2, -0.15) is 0 Å². The van der Waals surface area contributed by atoms with Crippen LogP contribution in [-0.4, -0.2) is 36.1 Å². The molecule has 2 rings (SSSR count). The summed E-state index contributed by atoms with van der Waals surface area (Å²) < 4.78 is 4.99. The lowest BCUT2D eigenvalue weighted by atomic mass is 9.91. The highest BCUT2D eigenvalue weighted by Gasteiger charge is 2.26. The second-order valence-electron chi connectivity index (χ2n) is 4.68. The monoisotopic (exact) mass is 248 g/mol. The van der Waals surface area contributed by atoms with Crippen molar-refractivity contribution in [2.45, 2.75) is 32.2 Å². The summed E-state index contributed by atoms with van der Waals surface area (Å²) in [5.41, 5.74) is 2.43. The summed E-state index contributed by atoms with van der Waals surface area (Å²) >= 11 is 0. The number of pyridine rings is 1. The van der Waals surface area contributed by atoms with Gasteiger partial charge in [-0.25, -0.2) is 0 Å². The van der Waals surface area contributed by atoms with E-state index in [1.54, 1.807) is 0 Å². The molecule has 0 radical (unpaired) electrons. The van der Waals surface area contributed by atoms with Crippen LogP contribution in [0.5, 0.6) is 0 Å². The predicted octanol–water partition coefficient (Wildman–Crippen LogP) is 1.95. The Kier molecular flexibility index (Phi) is 4.31. The van der Waals surface area contributed by atoms with E-state index in [0.29, 0.717) is 13.2 Å². The quantitative estimate of drug-likeness (QED) is 0.764. The minimum atomic E-state index is -0.164. The molecule has 0 aromatic carbocycles. The van der Waals surface area contributed by atoms with E-state index in [0.717, 1.165) is 25.0 Å². The Morgan fingerprint density at radius 3 is 3.22 bits per heavy atom. The Labute approximate surface area is 108 Å². The van der Waals surface area contributed by atoms with Crippen molar-refractivity contribution in [2.75, 3.05) is 20.2 Å². The Morgan fingerprint density at radius 2 is 2.44 bits per heavy atom. The SMILES string of the molecule is CCOC(=O)CN(C)[C@@H]1CCCc2cccnc21. The van der Waals surface area contributed by atoms with Crippen LogP contribution in [0.25, 0.3) is 0 Å². The molecule has 0 spiro atoms. The molecule has 4 nitrogen and oxygen atoms in total. The minimum Gasteiger partial charge on any atom is -0.465 e. The zero-order valence-corrected chi connectivity index (χ0v) is 11.1. The third kappa shape index (κ3) is 2.88. The summed E-state index contributed by atoms with van der Waals surface area (Å²) in [6.07, 6.45) is 5.12. The molecule has 1 aromatic heterocycles. The lowest BCUT2D eigenvalue weighted by Gasteiger charge is -2.31. The number of likely N-dealkylation sites (N-methyl/N-ethyl adjacent to an activating group) is 1. The first-order valence-corrected chi connectivity index (χ1v) is 6.52. The van der Waals surface area contributed by atoms with E-state index < -0.39 is 0 Å². The molecule has 1 heterocycles. The van der Waals surface area contributed by atoms with Crippen LogP contribution in [-0.2, 0) is 16.0 Å². The van der Waals surface area contributed by atoms with Gasteiger partial charge in [0.15, 0.2) is 0 Å². The van der Waals surface area contributed by atoms with E-state index in [-0.39, 0.29) is 12.0 Å². The molecule has 1 aliphatic rings. The van der Waals surface area contributed by atoms with E-state index in [1.165, 1.54) is 5.56 Å². The number of carbonyl (C=O) groups is 1. The maximum absolute atomic E-state index is 11.5. The van der Waals surface area contributed by atoms with Crippen molar-refractivity contribution in [3.8, 4) is 0 Å². The number of aryl methyl sites for hydroxylation is 1. The van der Waals surface area contributed by atoms with E-state index in [1.807, 2.05) is 31.1 Å². The van der Waals surface area contributed by atoms with Gasteiger partial charge in [-0.1, -0.05) is 6.07 Å². The Bertz CT molecular complexity index is 420. The molecule has 98 valence electrons. The molecule has 0 amide bonds. The normalized spacial score (nSPS) is 18.5. The van der Waals surface area contributed by atoms with Crippen molar-refractivity contribution < 1.29 is 9.53 Å². The van der Waals surface area contributed by atoms with Crippen LogP contribution in [0, 0.1) is 0 Å². The molecule has 1 atom stereocenters. The highest BCUT2D eigenvalue weighted by atomic mass is 16.5. The molecule has 18 heavy (non-hydrogen) atoms. The van der Waals surface area contributed by atoms with Gasteiger partial charge in [0.2, 0.25) is 0 Å². The van der Waals surface area contributed by atoms with Gasteiger partial charge in [0.1, 0.15) is 0 Å². The number of hydrogen-bond acceptors (Lipinski definition) is 4. The maximum atomic E-state index is 11.5. The van der Waals surface area contributed by atoms with Gasteiger partial charge in [-0.05, 0) is 44.9 Å². The van der Waals surface area contributed by atoms with Crippen molar-refractivity contribution in [2.24, 2.45) is 0 Å². The van der Waals surface area contributed by atoms with Gasteiger partial charge < -0.3 is 4.74 Å². The van der Waals surface area contributed by atoms with E-state index in [2.05, 4.69) is 11.1 Å². The highest BCUT2D eigenvalue weighted by molar-refractivity contribution is 5.71. The fourth-order valence-corrected chi connectivity index (χ4v) is 2.53. The van der Waals surface area contributed by atoms with Crippen LogP contribution in [0.2, 0.25) is 0 Å². The van der Waals surface area contributed by atoms with E-state index >= 15 is 0 Å². The summed E-state index contributed by atoms with van der Waals surface area (Å²) in [5.74, 6) is -0.164. The average Bonchev–Trinajstić information content (AvgIpc) is 2.38. The smallest absolute Gasteiger partial charge is 0.320 e. The third-order valence-electron chi connectivity index (χ3n) is 3.38. The summed E-state index contributed by atoms with van der Waals surface area (Å²) in [4.78, 5) is 18.0. The van der Waals surface area contributed by atoms with Crippen LogP contribution in [0.1, 0.15) is 37.1 Å². The fraction of sp³-hybridized carbons (Fsp3) is 0.571. The number of aromatic nitrogens is 1. The molecule has 0 N–H and O–H groups in total. The lowest BCUT2D eigenvalue weighted by Crippen LogP contribution is -2.33. The van der Waals surface area contributed by atoms with Gasteiger partial charge in [0.25, 0.3) is 0 Å². The molecular weight excluding hydrogens is 228 g/mol. The summed E-state index contributed by atoms with van der Waals surface area (Å²) in [6.45, 7) is 2.59. The molecule has 0 bridgehead atoms. The second kappa shape index (κ2) is 5.96. The summed E-state index contributed by atoms with van der Waals surface area (Å²) in [5, 5.41) is 0. The maximum Gasteiger partial charge on any atom is 0.320 e. The molecular formula is C14H20N2O2. The van der Waals surface area contributed by atoms with Crippen molar-refractivity contribution in [3.05, 3.63) is 29.6 Å². The van der Waals surface area contributed by atoms with Gasteiger partial charge in [-0.3, -0.25) is 14.7 Å². The average molecular weight is 248 g/mol. The summed E-state index contributed by atoms with van der Waals surface area (Å²) in [7, 11) is 1.96. The number of carbonyl (C=O) groups excluding carboxylic acids is 1.